The van der Waals surface area contributed by atoms with Crippen LogP contribution in [0.1, 0.15) is 22.0 Å². The second-order valence-corrected chi connectivity index (χ2v) is 4.03. The van der Waals surface area contributed by atoms with E-state index < -0.39 is 17.7 Å². The lowest BCUT2D eigenvalue weighted by atomic mass is 10.00. The SMILES string of the molecule is COc1ccc(C(O)C(=O)c2ccccc2)cc1F. The first-order chi connectivity index (χ1) is 9.13. The maximum atomic E-state index is 13.5. The lowest BCUT2D eigenvalue weighted by Gasteiger charge is -2.11. The Kier molecular flexibility index (Phi) is 3.92. The lowest BCUT2D eigenvalue weighted by Crippen LogP contribution is -2.12. The summed E-state index contributed by atoms with van der Waals surface area (Å²) in [5, 5.41) is 9.97. The van der Waals surface area contributed by atoms with Crippen LogP contribution in [0.4, 0.5) is 4.39 Å². The highest BCUT2D eigenvalue weighted by molar-refractivity contribution is 5.99. The van der Waals surface area contributed by atoms with Crippen LogP contribution in [0.5, 0.6) is 5.75 Å². The number of hydrogen-bond acceptors (Lipinski definition) is 3. The van der Waals surface area contributed by atoms with Crippen molar-refractivity contribution in [3.63, 3.8) is 0 Å². The van der Waals surface area contributed by atoms with Gasteiger partial charge in [-0.05, 0) is 17.7 Å². The Balaban J connectivity index is 2.27. The highest BCUT2D eigenvalue weighted by atomic mass is 19.1. The Hall–Kier alpha value is -2.20. The molecule has 0 aliphatic carbocycles. The summed E-state index contributed by atoms with van der Waals surface area (Å²) in [6.07, 6.45) is -1.39. The van der Waals surface area contributed by atoms with Gasteiger partial charge in [-0.2, -0.15) is 0 Å². The molecule has 0 radical (unpaired) electrons. The number of hydrogen-bond donors (Lipinski definition) is 1. The van der Waals surface area contributed by atoms with Crippen LogP contribution in [0.3, 0.4) is 0 Å². The minimum absolute atomic E-state index is 0.0723. The highest BCUT2D eigenvalue weighted by Crippen LogP contribution is 2.24. The third kappa shape index (κ3) is 2.80. The first kappa shape index (κ1) is 13.2. The summed E-state index contributed by atoms with van der Waals surface area (Å²) >= 11 is 0. The van der Waals surface area contributed by atoms with Crippen molar-refractivity contribution in [3.8, 4) is 5.75 Å². The van der Waals surface area contributed by atoms with Crippen LogP contribution in [-0.4, -0.2) is 18.0 Å². The molecule has 0 aliphatic rings. The number of halogens is 1. The summed E-state index contributed by atoms with van der Waals surface area (Å²) in [7, 11) is 1.35. The minimum atomic E-state index is -1.39. The third-order valence-corrected chi connectivity index (χ3v) is 2.80. The zero-order valence-electron chi connectivity index (χ0n) is 10.3. The average molecular weight is 260 g/mol. The quantitative estimate of drug-likeness (QED) is 0.860. The standard InChI is InChI=1S/C15H13FO3/c1-19-13-8-7-11(9-12(13)16)15(18)14(17)10-5-3-2-4-6-10/h2-9,15,18H,1H3. The molecule has 4 heteroatoms. The van der Waals surface area contributed by atoms with Crippen molar-refractivity contribution >= 4 is 5.78 Å². The first-order valence-electron chi connectivity index (χ1n) is 5.74. The van der Waals surface area contributed by atoms with Crippen molar-refractivity contribution in [1.29, 1.82) is 0 Å². The molecule has 2 rings (SSSR count). The number of aliphatic hydroxyl groups is 1. The fraction of sp³-hybridized carbons (Fsp3) is 0.133. The smallest absolute Gasteiger partial charge is 0.195 e. The number of ketones is 1. The maximum Gasteiger partial charge on any atom is 0.195 e. The van der Waals surface area contributed by atoms with Gasteiger partial charge in [0.05, 0.1) is 7.11 Å². The van der Waals surface area contributed by atoms with Gasteiger partial charge in [-0.1, -0.05) is 36.4 Å². The number of carbonyl (C=O) groups excluding carboxylic acids is 1. The molecule has 0 saturated heterocycles. The molecule has 0 saturated carbocycles. The number of rotatable bonds is 4. The normalized spacial score (nSPS) is 11.9. The lowest BCUT2D eigenvalue weighted by molar-refractivity contribution is 0.0747. The summed E-state index contributed by atoms with van der Waals surface area (Å²) in [4.78, 5) is 12.0. The molecule has 0 aliphatic heterocycles. The zero-order valence-corrected chi connectivity index (χ0v) is 10.3. The molecule has 1 N–H and O–H groups in total. The zero-order chi connectivity index (χ0) is 13.8. The number of methoxy groups -OCH3 is 1. The molecular weight excluding hydrogens is 247 g/mol. The van der Waals surface area contributed by atoms with Crippen molar-refractivity contribution in [3.05, 3.63) is 65.5 Å². The third-order valence-electron chi connectivity index (χ3n) is 2.80. The van der Waals surface area contributed by atoms with Gasteiger partial charge in [0.2, 0.25) is 0 Å². The van der Waals surface area contributed by atoms with Gasteiger partial charge < -0.3 is 9.84 Å². The van der Waals surface area contributed by atoms with Crippen LogP contribution in [0.15, 0.2) is 48.5 Å². The van der Waals surface area contributed by atoms with Gasteiger partial charge in [-0.25, -0.2) is 4.39 Å². The van der Waals surface area contributed by atoms with Crippen molar-refractivity contribution in [1.82, 2.24) is 0 Å². The number of Topliss-reactive ketones (excluding diaryl/α,β-unsaturated/α-hetero) is 1. The maximum absolute atomic E-state index is 13.5. The summed E-state index contributed by atoms with van der Waals surface area (Å²) in [6.45, 7) is 0. The van der Waals surface area contributed by atoms with Crippen molar-refractivity contribution in [2.24, 2.45) is 0 Å². The molecule has 2 aromatic carbocycles. The second kappa shape index (κ2) is 5.63. The largest absolute Gasteiger partial charge is 0.494 e. The molecule has 0 bridgehead atoms. The van der Waals surface area contributed by atoms with E-state index in [2.05, 4.69) is 0 Å². The number of carbonyl (C=O) groups is 1. The fourth-order valence-corrected chi connectivity index (χ4v) is 1.76. The van der Waals surface area contributed by atoms with E-state index in [1.54, 1.807) is 30.3 Å². The number of ether oxygens (including phenoxy) is 1. The van der Waals surface area contributed by atoms with Gasteiger partial charge in [0.25, 0.3) is 0 Å². The monoisotopic (exact) mass is 260 g/mol. The Morgan fingerprint density at radius 3 is 2.47 bits per heavy atom. The van der Waals surface area contributed by atoms with E-state index in [9.17, 15) is 14.3 Å². The minimum Gasteiger partial charge on any atom is -0.494 e. The predicted molar refractivity (Wildman–Crippen MR) is 68.7 cm³/mol. The van der Waals surface area contributed by atoms with Crippen molar-refractivity contribution in [2.45, 2.75) is 6.10 Å². The molecule has 0 fully saturated rings. The predicted octanol–water partition coefficient (Wildman–Crippen LogP) is 2.75. The second-order valence-electron chi connectivity index (χ2n) is 4.03. The summed E-state index contributed by atoms with van der Waals surface area (Å²) in [6, 6.07) is 12.3. The van der Waals surface area contributed by atoms with Gasteiger partial charge in [0.1, 0.15) is 6.10 Å². The van der Waals surface area contributed by atoms with E-state index in [0.717, 1.165) is 6.07 Å². The van der Waals surface area contributed by atoms with Gasteiger partial charge in [0, 0.05) is 5.56 Å². The van der Waals surface area contributed by atoms with Gasteiger partial charge in [-0.3, -0.25) is 4.79 Å². The molecule has 1 atom stereocenters. The van der Waals surface area contributed by atoms with Crippen LogP contribution in [0.2, 0.25) is 0 Å². The van der Waals surface area contributed by atoms with Gasteiger partial charge >= 0.3 is 0 Å². The summed E-state index contributed by atoms with van der Waals surface area (Å²) in [5.74, 6) is -1.01. The summed E-state index contributed by atoms with van der Waals surface area (Å²) < 4.78 is 18.3. The van der Waals surface area contributed by atoms with Crippen LogP contribution in [0, 0.1) is 5.82 Å². The Morgan fingerprint density at radius 1 is 1.21 bits per heavy atom. The van der Waals surface area contributed by atoms with E-state index in [0.29, 0.717) is 5.56 Å². The molecule has 98 valence electrons. The molecule has 1 unspecified atom stereocenters. The first-order valence-corrected chi connectivity index (χ1v) is 5.74. The molecule has 0 heterocycles. The van der Waals surface area contributed by atoms with Crippen LogP contribution < -0.4 is 4.74 Å². The van der Waals surface area contributed by atoms with E-state index in [-0.39, 0.29) is 11.3 Å². The molecule has 3 nitrogen and oxygen atoms in total. The Labute approximate surface area is 110 Å². The topological polar surface area (TPSA) is 46.5 Å². The van der Waals surface area contributed by atoms with E-state index in [4.69, 9.17) is 4.74 Å². The van der Waals surface area contributed by atoms with Crippen LogP contribution in [0.25, 0.3) is 0 Å². The fourth-order valence-electron chi connectivity index (χ4n) is 1.76. The molecule has 0 aromatic heterocycles. The summed E-state index contributed by atoms with van der Waals surface area (Å²) in [5.41, 5.74) is 0.582. The van der Waals surface area contributed by atoms with Crippen molar-refractivity contribution < 1.29 is 19.0 Å². The number of aliphatic hydroxyl groups excluding tert-OH is 1. The highest BCUT2D eigenvalue weighted by Gasteiger charge is 2.20. The molecular formula is C15H13FO3. The Morgan fingerprint density at radius 2 is 1.89 bits per heavy atom. The number of benzene rings is 2. The van der Waals surface area contributed by atoms with E-state index in [1.807, 2.05) is 0 Å². The van der Waals surface area contributed by atoms with E-state index in [1.165, 1.54) is 19.2 Å². The van der Waals surface area contributed by atoms with Gasteiger partial charge in [0.15, 0.2) is 17.3 Å². The molecule has 19 heavy (non-hydrogen) atoms. The van der Waals surface area contributed by atoms with Crippen molar-refractivity contribution in [2.75, 3.05) is 7.11 Å². The molecule has 2 aromatic rings. The van der Waals surface area contributed by atoms with Crippen LogP contribution >= 0.6 is 0 Å². The van der Waals surface area contributed by atoms with Crippen LogP contribution in [-0.2, 0) is 0 Å². The molecule has 0 spiro atoms. The Bertz CT molecular complexity index is 581. The molecule has 0 amide bonds. The van der Waals surface area contributed by atoms with E-state index >= 15 is 0 Å². The average Bonchev–Trinajstić information content (AvgIpc) is 2.46. The van der Waals surface area contributed by atoms with Gasteiger partial charge in [-0.15, -0.1) is 0 Å².